The molecule has 5 nitrogen and oxygen atoms in total. The van der Waals surface area contributed by atoms with E-state index in [1.807, 2.05) is 12.1 Å². The van der Waals surface area contributed by atoms with Crippen LogP contribution in [-0.4, -0.2) is 32.8 Å². The molecule has 0 aliphatic rings. The standard InChI is InChI=1S/C23H21Cl2NO4/c1-4-13-29-19-10-9-16(15-20(19)28-3)11-12-26-23(27)22(30-14-5-2)17-7-6-8-18(24)21(17)25/h1-2,6-10,15,22H,11-14H2,3H3,(H,26,27). The zero-order valence-electron chi connectivity index (χ0n) is 16.4. The van der Waals surface area contributed by atoms with Crippen molar-refractivity contribution in [3.8, 4) is 36.2 Å². The Bertz CT molecular complexity index is 963. The van der Waals surface area contributed by atoms with Gasteiger partial charge in [0.25, 0.3) is 5.91 Å². The molecule has 1 N–H and O–H groups in total. The van der Waals surface area contributed by atoms with Crippen LogP contribution >= 0.6 is 23.2 Å². The predicted molar refractivity (Wildman–Crippen MR) is 118 cm³/mol. The van der Waals surface area contributed by atoms with E-state index in [9.17, 15) is 4.79 Å². The molecule has 0 spiro atoms. The maximum Gasteiger partial charge on any atom is 0.253 e. The minimum Gasteiger partial charge on any atom is -0.493 e. The summed E-state index contributed by atoms with van der Waals surface area (Å²) in [7, 11) is 1.55. The Hall–Kier alpha value is -2.83. The number of nitrogens with one attached hydrogen (secondary N) is 1. The molecule has 1 amide bonds. The molecule has 2 aromatic rings. The topological polar surface area (TPSA) is 56.8 Å². The number of benzene rings is 2. The Morgan fingerprint density at radius 1 is 1.13 bits per heavy atom. The molecule has 0 fully saturated rings. The molecular weight excluding hydrogens is 425 g/mol. The summed E-state index contributed by atoms with van der Waals surface area (Å²) in [5.41, 5.74) is 1.40. The lowest BCUT2D eigenvalue weighted by molar-refractivity contribution is -0.132. The number of amides is 1. The number of methoxy groups -OCH3 is 1. The molecule has 0 aliphatic carbocycles. The second-order valence-electron chi connectivity index (χ2n) is 6.06. The summed E-state index contributed by atoms with van der Waals surface area (Å²) in [6, 6.07) is 10.5. The number of terminal acetylenes is 2. The van der Waals surface area contributed by atoms with Gasteiger partial charge >= 0.3 is 0 Å². The van der Waals surface area contributed by atoms with E-state index in [2.05, 4.69) is 17.2 Å². The lowest BCUT2D eigenvalue weighted by Crippen LogP contribution is -2.32. The monoisotopic (exact) mass is 445 g/mol. The highest BCUT2D eigenvalue weighted by Gasteiger charge is 2.24. The molecule has 0 aliphatic heterocycles. The average Bonchev–Trinajstić information content (AvgIpc) is 2.75. The summed E-state index contributed by atoms with van der Waals surface area (Å²) in [6.07, 6.45) is 10.1. The Balaban J connectivity index is 2.04. The number of ether oxygens (including phenoxy) is 3. The van der Waals surface area contributed by atoms with Gasteiger partial charge in [-0.1, -0.05) is 53.2 Å². The van der Waals surface area contributed by atoms with E-state index in [4.69, 9.17) is 50.3 Å². The van der Waals surface area contributed by atoms with E-state index in [1.165, 1.54) is 0 Å². The van der Waals surface area contributed by atoms with Crippen molar-refractivity contribution in [2.75, 3.05) is 26.9 Å². The van der Waals surface area contributed by atoms with Gasteiger partial charge in [0.05, 0.1) is 17.2 Å². The van der Waals surface area contributed by atoms with Gasteiger partial charge in [-0.15, -0.1) is 12.8 Å². The molecule has 0 heterocycles. The first-order chi connectivity index (χ1) is 14.5. The fourth-order valence-electron chi connectivity index (χ4n) is 2.69. The van der Waals surface area contributed by atoms with Gasteiger partial charge in [0.1, 0.15) is 13.2 Å². The maximum absolute atomic E-state index is 12.7. The summed E-state index contributed by atoms with van der Waals surface area (Å²) in [5, 5.41) is 3.42. The minimum atomic E-state index is -0.971. The third-order valence-electron chi connectivity index (χ3n) is 4.09. The van der Waals surface area contributed by atoms with Gasteiger partial charge < -0.3 is 19.5 Å². The lowest BCUT2D eigenvalue weighted by atomic mass is 10.1. The predicted octanol–water partition coefficient (Wildman–Crippen LogP) is 4.06. The molecule has 2 rings (SSSR count). The first-order valence-corrected chi connectivity index (χ1v) is 9.77. The SMILES string of the molecule is C#CCOc1ccc(CCNC(=O)C(OCC#C)c2cccc(Cl)c2Cl)cc1OC. The second-order valence-corrected chi connectivity index (χ2v) is 6.84. The highest BCUT2D eigenvalue weighted by Crippen LogP contribution is 2.32. The Morgan fingerprint density at radius 2 is 1.90 bits per heavy atom. The largest absolute Gasteiger partial charge is 0.493 e. The fourth-order valence-corrected chi connectivity index (χ4v) is 3.10. The highest BCUT2D eigenvalue weighted by atomic mass is 35.5. The van der Waals surface area contributed by atoms with Crippen LogP contribution in [0.4, 0.5) is 0 Å². The number of hydrogen-bond donors (Lipinski definition) is 1. The van der Waals surface area contributed by atoms with Gasteiger partial charge in [-0.25, -0.2) is 0 Å². The molecule has 1 atom stereocenters. The molecule has 30 heavy (non-hydrogen) atoms. The van der Waals surface area contributed by atoms with Crippen LogP contribution in [0.3, 0.4) is 0 Å². The van der Waals surface area contributed by atoms with Crippen LogP contribution < -0.4 is 14.8 Å². The van der Waals surface area contributed by atoms with E-state index in [1.54, 1.807) is 31.4 Å². The zero-order chi connectivity index (χ0) is 21.9. The Kier molecular flexibility index (Phi) is 9.38. The van der Waals surface area contributed by atoms with E-state index in [-0.39, 0.29) is 24.1 Å². The van der Waals surface area contributed by atoms with Gasteiger partial charge in [0.15, 0.2) is 17.6 Å². The highest BCUT2D eigenvalue weighted by molar-refractivity contribution is 6.42. The first-order valence-electron chi connectivity index (χ1n) is 9.01. The third kappa shape index (κ3) is 6.34. The van der Waals surface area contributed by atoms with Gasteiger partial charge in [0.2, 0.25) is 0 Å². The molecule has 2 aromatic carbocycles. The first kappa shape index (κ1) is 23.4. The molecule has 0 saturated carbocycles. The van der Waals surface area contributed by atoms with Crippen LogP contribution in [0.1, 0.15) is 17.2 Å². The normalized spacial score (nSPS) is 11.1. The van der Waals surface area contributed by atoms with E-state index in [0.717, 1.165) is 5.56 Å². The van der Waals surface area contributed by atoms with Crippen LogP contribution in [0, 0.1) is 24.7 Å². The van der Waals surface area contributed by atoms with E-state index >= 15 is 0 Å². The molecular formula is C23H21Cl2NO4. The Labute approximate surface area is 186 Å². The molecule has 0 bridgehead atoms. The molecule has 0 radical (unpaired) electrons. The number of hydrogen-bond acceptors (Lipinski definition) is 4. The van der Waals surface area contributed by atoms with Crippen molar-refractivity contribution in [2.24, 2.45) is 0 Å². The fraction of sp³-hybridized carbons (Fsp3) is 0.261. The van der Waals surface area contributed by atoms with Gasteiger partial charge in [0, 0.05) is 12.1 Å². The van der Waals surface area contributed by atoms with Gasteiger partial charge in [-0.2, -0.15) is 0 Å². The second kappa shape index (κ2) is 12.0. The van der Waals surface area contributed by atoms with Crippen molar-refractivity contribution < 1.29 is 19.0 Å². The lowest BCUT2D eigenvalue weighted by Gasteiger charge is -2.18. The zero-order valence-corrected chi connectivity index (χ0v) is 17.9. The van der Waals surface area contributed by atoms with Gasteiger partial charge in [-0.05, 0) is 30.2 Å². The Morgan fingerprint density at radius 3 is 2.60 bits per heavy atom. The summed E-state index contributed by atoms with van der Waals surface area (Å²) in [5.74, 6) is 5.52. The van der Waals surface area contributed by atoms with Crippen molar-refractivity contribution in [1.29, 1.82) is 0 Å². The van der Waals surface area contributed by atoms with Crippen molar-refractivity contribution in [3.05, 3.63) is 57.6 Å². The molecule has 1 unspecified atom stereocenters. The summed E-state index contributed by atoms with van der Waals surface area (Å²) >= 11 is 12.3. The number of carbonyl (C=O) groups excluding carboxylic acids is 1. The average molecular weight is 446 g/mol. The third-order valence-corrected chi connectivity index (χ3v) is 4.92. The van der Waals surface area contributed by atoms with E-state index < -0.39 is 6.10 Å². The van der Waals surface area contributed by atoms with Crippen molar-refractivity contribution in [3.63, 3.8) is 0 Å². The summed E-state index contributed by atoms with van der Waals surface area (Å²) < 4.78 is 16.3. The molecule has 156 valence electrons. The van der Waals surface area contributed by atoms with E-state index in [0.29, 0.717) is 35.1 Å². The van der Waals surface area contributed by atoms with Crippen LogP contribution in [0.25, 0.3) is 0 Å². The maximum atomic E-state index is 12.7. The van der Waals surface area contributed by atoms with Crippen LogP contribution in [-0.2, 0) is 16.0 Å². The minimum absolute atomic E-state index is 0.0444. The molecule has 0 saturated heterocycles. The summed E-state index contributed by atoms with van der Waals surface area (Å²) in [4.78, 5) is 12.7. The van der Waals surface area contributed by atoms with Crippen LogP contribution in [0.5, 0.6) is 11.5 Å². The molecule has 7 heteroatoms. The number of rotatable bonds is 10. The summed E-state index contributed by atoms with van der Waals surface area (Å²) in [6.45, 7) is 0.467. The quantitative estimate of drug-likeness (QED) is 0.560. The number of carbonyl (C=O) groups is 1. The van der Waals surface area contributed by atoms with Crippen molar-refractivity contribution >= 4 is 29.1 Å². The van der Waals surface area contributed by atoms with Gasteiger partial charge in [-0.3, -0.25) is 4.79 Å². The number of halogens is 2. The van der Waals surface area contributed by atoms with Crippen LogP contribution in [0.2, 0.25) is 10.0 Å². The molecule has 0 aromatic heterocycles. The van der Waals surface area contributed by atoms with Crippen LogP contribution in [0.15, 0.2) is 36.4 Å². The smallest absolute Gasteiger partial charge is 0.253 e. The van der Waals surface area contributed by atoms with Crippen molar-refractivity contribution in [1.82, 2.24) is 5.32 Å². The van der Waals surface area contributed by atoms with Crippen molar-refractivity contribution in [2.45, 2.75) is 12.5 Å².